The number of ether oxygens (including phenoxy) is 1. The van der Waals surface area contributed by atoms with Crippen molar-refractivity contribution in [3.8, 4) is 0 Å². The van der Waals surface area contributed by atoms with Gasteiger partial charge in [0.15, 0.2) is 0 Å². The molecule has 96 valence electrons. The van der Waals surface area contributed by atoms with Crippen molar-refractivity contribution in [3.05, 3.63) is 0 Å². The van der Waals surface area contributed by atoms with Gasteiger partial charge >= 0.3 is 5.97 Å². The van der Waals surface area contributed by atoms with Crippen LogP contribution in [0.2, 0.25) is 0 Å². The molecule has 0 aromatic carbocycles. The predicted octanol–water partition coefficient (Wildman–Crippen LogP) is 0.408. The lowest BCUT2D eigenvalue weighted by Crippen LogP contribution is -2.47. The summed E-state index contributed by atoms with van der Waals surface area (Å²) in [7, 11) is 1.65. The molecule has 2 N–H and O–H groups in total. The molecular weight excluding hydrogens is 208 g/mol. The van der Waals surface area contributed by atoms with Crippen LogP contribution in [0.3, 0.4) is 0 Å². The van der Waals surface area contributed by atoms with E-state index < -0.39 is 12.0 Å². The van der Waals surface area contributed by atoms with Crippen LogP contribution in [-0.2, 0) is 9.53 Å². The van der Waals surface area contributed by atoms with Crippen LogP contribution in [0.15, 0.2) is 0 Å². The van der Waals surface area contributed by atoms with Gasteiger partial charge in [-0.3, -0.25) is 9.69 Å². The fourth-order valence-corrected chi connectivity index (χ4v) is 1.41. The topological polar surface area (TPSA) is 61.8 Å². The summed E-state index contributed by atoms with van der Waals surface area (Å²) in [5.74, 6) is -0.788. The molecule has 0 saturated heterocycles. The van der Waals surface area contributed by atoms with Gasteiger partial charge in [-0.05, 0) is 19.5 Å². The first kappa shape index (κ1) is 15.3. The molecule has 0 radical (unpaired) electrons. The molecule has 0 saturated carbocycles. The molecule has 0 rings (SSSR count). The number of methoxy groups -OCH3 is 1. The number of aliphatic carboxylic acids is 1. The average Bonchev–Trinajstić information content (AvgIpc) is 2.28. The van der Waals surface area contributed by atoms with Crippen LogP contribution >= 0.6 is 0 Å². The van der Waals surface area contributed by atoms with Crippen molar-refractivity contribution in [2.24, 2.45) is 0 Å². The smallest absolute Gasteiger partial charge is 0.322 e. The molecule has 1 unspecified atom stereocenters. The first-order chi connectivity index (χ1) is 7.65. The van der Waals surface area contributed by atoms with E-state index in [4.69, 9.17) is 9.84 Å². The zero-order chi connectivity index (χ0) is 12.4. The van der Waals surface area contributed by atoms with Gasteiger partial charge in [-0.25, -0.2) is 0 Å². The van der Waals surface area contributed by atoms with Crippen LogP contribution in [0.5, 0.6) is 0 Å². The molecule has 16 heavy (non-hydrogen) atoms. The van der Waals surface area contributed by atoms with E-state index in [1.807, 2.05) is 13.8 Å². The Hall–Kier alpha value is -0.650. The van der Waals surface area contributed by atoms with Crippen molar-refractivity contribution in [2.75, 3.05) is 39.9 Å². The normalized spacial score (nSPS) is 13.0. The van der Waals surface area contributed by atoms with Crippen LogP contribution in [0.25, 0.3) is 0 Å². The minimum absolute atomic E-state index is 0.489. The Bertz CT molecular complexity index is 188. The van der Waals surface area contributed by atoms with E-state index in [-0.39, 0.29) is 0 Å². The summed E-state index contributed by atoms with van der Waals surface area (Å²) in [6.45, 7) is 7.54. The third-order valence-corrected chi connectivity index (χ3v) is 2.44. The maximum Gasteiger partial charge on any atom is 0.322 e. The van der Waals surface area contributed by atoms with Gasteiger partial charge in [0.25, 0.3) is 0 Å². The number of nitrogens with one attached hydrogen (secondary N) is 1. The van der Waals surface area contributed by atoms with Crippen molar-refractivity contribution >= 4 is 5.97 Å². The van der Waals surface area contributed by atoms with E-state index in [9.17, 15) is 4.79 Å². The Labute approximate surface area is 97.8 Å². The number of carbonyl (C=O) groups is 1. The van der Waals surface area contributed by atoms with E-state index in [0.717, 1.165) is 26.1 Å². The number of hydrogen-bond donors (Lipinski definition) is 2. The molecule has 0 aromatic heterocycles. The Morgan fingerprint density at radius 2 is 2.19 bits per heavy atom. The zero-order valence-corrected chi connectivity index (χ0v) is 10.5. The zero-order valence-electron chi connectivity index (χ0n) is 10.5. The van der Waals surface area contributed by atoms with Crippen molar-refractivity contribution in [1.29, 1.82) is 0 Å². The number of nitrogens with zero attached hydrogens (tertiary/aromatic N) is 1. The number of likely N-dealkylation sites (N-methyl/N-ethyl adjacent to an activating group) is 1. The Balaban J connectivity index is 4.06. The Morgan fingerprint density at radius 1 is 1.50 bits per heavy atom. The van der Waals surface area contributed by atoms with Crippen molar-refractivity contribution in [1.82, 2.24) is 10.2 Å². The largest absolute Gasteiger partial charge is 0.480 e. The summed E-state index contributed by atoms with van der Waals surface area (Å²) in [5.41, 5.74) is 0. The summed E-state index contributed by atoms with van der Waals surface area (Å²) >= 11 is 0. The van der Waals surface area contributed by atoms with Crippen molar-refractivity contribution < 1.29 is 14.6 Å². The van der Waals surface area contributed by atoms with Gasteiger partial charge in [0.05, 0.1) is 6.61 Å². The van der Waals surface area contributed by atoms with Gasteiger partial charge < -0.3 is 15.2 Å². The van der Waals surface area contributed by atoms with E-state index >= 15 is 0 Å². The van der Waals surface area contributed by atoms with Crippen LogP contribution in [0.4, 0.5) is 0 Å². The maximum atomic E-state index is 11.0. The first-order valence-corrected chi connectivity index (χ1v) is 5.83. The summed E-state index contributed by atoms with van der Waals surface area (Å²) < 4.78 is 4.99. The highest BCUT2D eigenvalue weighted by Crippen LogP contribution is 1.94. The molecule has 0 heterocycles. The average molecular weight is 232 g/mol. The molecular formula is C11H24N2O3. The highest BCUT2D eigenvalue weighted by molar-refractivity contribution is 5.73. The van der Waals surface area contributed by atoms with E-state index in [1.54, 1.807) is 7.11 Å². The number of carboxylic acids is 1. The van der Waals surface area contributed by atoms with Crippen LogP contribution in [-0.4, -0.2) is 61.9 Å². The number of carboxylic acid groups (broad SMARTS) is 1. The van der Waals surface area contributed by atoms with Gasteiger partial charge in [-0.2, -0.15) is 0 Å². The van der Waals surface area contributed by atoms with E-state index in [2.05, 4.69) is 10.2 Å². The Kier molecular flexibility index (Phi) is 9.18. The molecule has 0 aliphatic heterocycles. The second-order valence-corrected chi connectivity index (χ2v) is 3.73. The highest BCUT2D eigenvalue weighted by Gasteiger charge is 2.19. The lowest BCUT2D eigenvalue weighted by atomic mass is 10.2. The second kappa shape index (κ2) is 9.57. The van der Waals surface area contributed by atoms with Gasteiger partial charge in [-0.1, -0.05) is 13.8 Å². The SMILES string of the molecule is CCCNC(CN(CC)CCOC)C(=O)O. The predicted molar refractivity (Wildman–Crippen MR) is 63.7 cm³/mol. The molecule has 0 fully saturated rings. The fraction of sp³-hybridized carbons (Fsp3) is 0.909. The van der Waals surface area contributed by atoms with Gasteiger partial charge in [0, 0.05) is 20.2 Å². The summed E-state index contributed by atoms with van der Waals surface area (Å²) in [6, 6.07) is -0.489. The van der Waals surface area contributed by atoms with E-state index in [0.29, 0.717) is 13.2 Å². The summed E-state index contributed by atoms with van der Waals surface area (Å²) in [4.78, 5) is 13.1. The molecule has 0 spiro atoms. The Morgan fingerprint density at radius 3 is 2.62 bits per heavy atom. The molecule has 0 bridgehead atoms. The third-order valence-electron chi connectivity index (χ3n) is 2.44. The van der Waals surface area contributed by atoms with Gasteiger partial charge in [0.1, 0.15) is 6.04 Å². The molecule has 5 nitrogen and oxygen atoms in total. The lowest BCUT2D eigenvalue weighted by molar-refractivity contribution is -0.140. The standard InChI is InChI=1S/C11H24N2O3/c1-4-6-12-10(11(14)15)9-13(5-2)7-8-16-3/h10,12H,4-9H2,1-3H3,(H,14,15). The molecule has 0 aliphatic carbocycles. The van der Waals surface area contributed by atoms with Crippen molar-refractivity contribution in [3.63, 3.8) is 0 Å². The third kappa shape index (κ3) is 6.76. The molecule has 1 atom stereocenters. The van der Waals surface area contributed by atoms with Crippen LogP contribution in [0.1, 0.15) is 20.3 Å². The number of rotatable bonds is 10. The monoisotopic (exact) mass is 232 g/mol. The fourth-order valence-electron chi connectivity index (χ4n) is 1.41. The molecule has 5 heteroatoms. The summed E-state index contributed by atoms with van der Waals surface area (Å²) in [5, 5.41) is 12.1. The molecule has 0 aliphatic rings. The van der Waals surface area contributed by atoms with Crippen LogP contribution < -0.4 is 5.32 Å². The van der Waals surface area contributed by atoms with E-state index in [1.165, 1.54) is 0 Å². The minimum atomic E-state index is -0.788. The second-order valence-electron chi connectivity index (χ2n) is 3.73. The number of hydrogen-bond acceptors (Lipinski definition) is 4. The molecule has 0 aromatic rings. The highest BCUT2D eigenvalue weighted by atomic mass is 16.5. The minimum Gasteiger partial charge on any atom is -0.480 e. The van der Waals surface area contributed by atoms with Gasteiger partial charge in [-0.15, -0.1) is 0 Å². The summed E-state index contributed by atoms with van der Waals surface area (Å²) in [6.07, 6.45) is 0.938. The quantitative estimate of drug-likeness (QED) is 0.571. The first-order valence-electron chi connectivity index (χ1n) is 5.83. The van der Waals surface area contributed by atoms with Gasteiger partial charge in [0.2, 0.25) is 0 Å². The van der Waals surface area contributed by atoms with Crippen molar-refractivity contribution in [2.45, 2.75) is 26.3 Å². The lowest BCUT2D eigenvalue weighted by Gasteiger charge is -2.24. The maximum absolute atomic E-state index is 11.0. The van der Waals surface area contributed by atoms with Crippen LogP contribution in [0, 0.1) is 0 Å². The molecule has 0 amide bonds.